The summed E-state index contributed by atoms with van der Waals surface area (Å²) in [6.07, 6.45) is -0.181. The Labute approximate surface area is 195 Å². The molecule has 10 nitrogen and oxygen atoms in total. The molecule has 3 rings (SSSR count). The summed E-state index contributed by atoms with van der Waals surface area (Å²) < 4.78 is 5.14. The first-order valence-corrected chi connectivity index (χ1v) is 10.4. The second-order valence-corrected chi connectivity index (χ2v) is 7.71. The number of nitrogens with two attached hydrogens (primary N) is 2. The lowest BCUT2D eigenvalue weighted by molar-refractivity contribution is -0.147. The molecule has 1 aromatic heterocycles. The number of aliphatic carboxylic acids is 1. The van der Waals surface area contributed by atoms with Crippen molar-refractivity contribution in [2.24, 2.45) is 5.73 Å². The number of carbonyl (C=O) groups is 2. The first kappa shape index (κ1) is 23.9. The molecule has 172 valence electrons. The van der Waals surface area contributed by atoms with Crippen LogP contribution in [0.5, 0.6) is 0 Å². The number of halogens is 1. The number of carboxylic acids is 1. The van der Waals surface area contributed by atoms with Gasteiger partial charge in [-0.3, -0.25) is 9.59 Å². The van der Waals surface area contributed by atoms with E-state index in [-0.39, 0.29) is 31.3 Å². The fourth-order valence-corrected chi connectivity index (χ4v) is 3.05. The number of aromatic nitrogens is 3. The third kappa shape index (κ3) is 6.86. The van der Waals surface area contributed by atoms with E-state index in [1.165, 1.54) is 0 Å². The number of nitrogen functional groups attached to an aromatic ring is 1. The standard InChI is InChI=1S/C22H23ClN6O4/c1-12-2-5-14(23)10-16(12)19-27-21(25)29-22(28-19)26-15-6-3-13(4-7-15)11-33-20(32)17(24)8-9-18(30)31/h2-7,10,17H,8-9,11,24H2,1H3,(H,30,31)(H3,25,26,27,28,29)/t17-/m0/s1. The third-order valence-electron chi connectivity index (χ3n) is 4.66. The summed E-state index contributed by atoms with van der Waals surface area (Å²) in [4.78, 5) is 35.2. The van der Waals surface area contributed by atoms with E-state index in [2.05, 4.69) is 20.3 Å². The number of carbonyl (C=O) groups excluding carboxylic acids is 1. The Morgan fingerprint density at radius 2 is 1.88 bits per heavy atom. The topological polar surface area (TPSA) is 166 Å². The van der Waals surface area contributed by atoms with Gasteiger partial charge in [0.2, 0.25) is 11.9 Å². The van der Waals surface area contributed by atoms with Crippen molar-refractivity contribution in [2.75, 3.05) is 11.1 Å². The molecule has 11 heteroatoms. The Kier molecular flexibility index (Phi) is 7.75. The zero-order valence-corrected chi connectivity index (χ0v) is 18.5. The van der Waals surface area contributed by atoms with Gasteiger partial charge in [-0.05, 0) is 48.7 Å². The van der Waals surface area contributed by atoms with Gasteiger partial charge in [-0.15, -0.1) is 0 Å². The molecule has 33 heavy (non-hydrogen) atoms. The summed E-state index contributed by atoms with van der Waals surface area (Å²) in [6.45, 7) is 1.93. The number of rotatable bonds is 9. The van der Waals surface area contributed by atoms with E-state index in [4.69, 9.17) is 32.9 Å². The highest BCUT2D eigenvalue weighted by Crippen LogP contribution is 2.25. The maximum atomic E-state index is 11.9. The molecule has 0 amide bonds. The van der Waals surface area contributed by atoms with Crippen LogP contribution in [-0.2, 0) is 20.9 Å². The van der Waals surface area contributed by atoms with Crippen LogP contribution >= 0.6 is 11.6 Å². The van der Waals surface area contributed by atoms with Crippen molar-refractivity contribution in [3.05, 3.63) is 58.6 Å². The van der Waals surface area contributed by atoms with Crippen LogP contribution in [0, 0.1) is 6.92 Å². The van der Waals surface area contributed by atoms with Gasteiger partial charge in [-0.1, -0.05) is 29.8 Å². The summed E-state index contributed by atoms with van der Waals surface area (Å²) >= 11 is 6.10. The van der Waals surface area contributed by atoms with Crippen LogP contribution < -0.4 is 16.8 Å². The first-order chi connectivity index (χ1) is 15.7. The van der Waals surface area contributed by atoms with Crippen molar-refractivity contribution in [2.45, 2.75) is 32.4 Å². The van der Waals surface area contributed by atoms with Crippen LogP contribution in [0.2, 0.25) is 5.02 Å². The second-order valence-electron chi connectivity index (χ2n) is 7.27. The van der Waals surface area contributed by atoms with Crippen molar-refractivity contribution < 1.29 is 19.4 Å². The number of benzene rings is 2. The Bertz CT molecular complexity index is 1160. The smallest absolute Gasteiger partial charge is 0.323 e. The quantitative estimate of drug-likeness (QED) is 0.341. The Morgan fingerprint density at radius 1 is 1.15 bits per heavy atom. The van der Waals surface area contributed by atoms with Gasteiger partial charge in [0.05, 0.1) is 0 Å². The fraction of sp³-hybridized carbons (Fsp3) is 0.227. The van der Waals surface area contributed by atoms with Gasteiger partial charge in [-0.2, -0.15) is 15.0 Å². The molecule has 0 spiro atoms. The molecule has 0 aliphatic heterocycles. The predicted octanol–water partition coefficient (Wildman–Crippen LogP) is 3.06. The van der Waals surface area contributed by atoms with Gasteiger partial charge in [-0.25, -0.2) is 0 Å². The monoisotopic (exact) mass is 470 g/mol. The van der Waals surface area contributed by atoms with Crippen LogP contribution in [0.25, 0.3) is 11.4 Å². The fourth-order valence-electron chi connectivity index (χ4n) is 2.88. The predicted molar refractivity (Wildman–Crippen MR) is 124 cm³/mol. The zero-order valence-electron chi connectivity index (χ0n) is 17.8. The zero-order chi connectivity index (χ0) is 24.0. The number of hydrogen-bond donors (Lipinski definition) is 4. The minimum absolute atomic E-state index is 0.0107. The summed E-state index contributed by atoms with van der Waals surface area (Å²) in [6, 6.07) is 11.5. The lowest BCUT2D eigenvalue weighted by Crippen LogP contribution is -2.32. The van der Waals surface area contributed by atoms with Crippen molar-refractivity contribution in [1.82, 2.24) is 15.0 Å². The van der Waals surface area contributed by atoms with E-state index >= 15 is 0 Å². The van der Waals surface area contributed by atoms with Crippen LogP contribution in [0.15, 0.2) is 42.5 Å². The average molecular weight is 471 g/mol. The lowest BCUT2D eigenvalue weighted by atomic mass is 10.1. The van der Waals surface area contributed by atoms with Crippen LogP contribution in [-0.4, -0.2) is 38.0 Å². The molecule has 0 bridgehead atoms. The summed E-state index contributed by atoms with van der Waals surface area (Å²) in [5.41, 5.74) is 14.6. The van der Waals surface area contributed by atoms with Crippen LogP contribution in [0.3, 0.4) is 0 Å². The van der Waals surface area contributed by atoms with Crippen LogP contribution in [0.1, 0.15) is 24.0 Å². The molecule has 1 atom stereocenters. The number of esters is 1. The van der Waals surface area contributed by atoms with E-state index in [0.29, 0.717) is 16.5 Å². The van der Waals surface area contributed by atoms with Crippen molar-refractivity contribution in [3.63, 3.8) is 0 Å². The molecule has 3 aromatic rings. The molecule has 0 aliphatic rings. The Morgan fingerprint density at radius 3 is 2.58 bits per heavy atom. The molecule has 0 saturated carbocycles. The number of carboxylic acid groups (broad SMARTS) is 1. The lowest BCUT2D eigenvalue weighted by Gasteiger charge is -2.11. The van der Waals surface area contributed by atoms with Gasteiger partial charge in [0.1, 0.15) is 12.6 Å². The number of nitrogens with one attached hydrogen (secondary N) is 1. The van der Waals surface area contributed by atoms with Gasteiger partial charge in [0.15, 0.2) is 5.82 Å². The SMILES string of the molecule is Cc1ccc(Cl)cc1-c1nc(N)nc(Nc2ccc(COC(=O)[C@@H](N)CCC(=O)O)cc2)n1. The highest BCUT2D eigenvalue weighted by Gasteiger charge is 2.16. The summed E-state index contributed by atoms with van der Waals surface area (Å²) in [5, 5.41) is 12.3. The number of ether oxygens (including phenoxy) is 1. The largest absolute Gasteiger partial charge is 0.481 e. The van der Waals surface area contributed by atoms with Crippen molar-refractivity contribution in [3.8, 4) is 11.4 Å². The molecule has 2 aromatic carbocycles. The second kappa shape index (κ2) is 10.7. The van der Waals surface area contributed by atoms with E-state index in [1.807, 2.05) is 13.0 Å². The molecular weight excluding hydrogens is 448 g/mol. The molecule has 0 saturated heterocycles. The molecule has 1 heterocycles. The first-order valence-electron chi connectivity index (χ1n) is 9.99. The molecule has 6 N–H and O–H groups in total. The van der Waals surface area contributed by atoms with E-state index in [9.17, 15) is 9.59 Å². The summed E-state index contributed by atoms with van der Waals surface area (Å²) in [7, 11) is 0. The number of anilines is 3. The van der Waals surface area contributed by atoms with E-state index in [1.54, 1.807) is 36.4 Å². The molecule has 0 unspecified atom stereocenters. The van der Waals surface area contributed by atoms with Crippen molar-refractivity contribution >= 4 is 41.1 Å². The minimum Gasteiger partial charge on any atom is -0.481 e. The molecule has 0 fully saturated rings. The van der Waals surface area contributed by atoms with E-state index in [0.717, 1.165) is 16.7 Å². The third-order valence-corrected chi connectivity index (χ3v) is 4.89. The van der Waals surface area contributed by atoms with E-state index < -0.39 is 18.0 Å². The number of nitrogens with zero attached hydrogens (tertiary/aromatic N) is 3. The normalized spacial score (nSPS) is 11.6. The van der Waals surface area contributed by atoms with Gasteiger partial charge >= 0.3 is 11.9 Å². The number of aryl methyl sites for hydroxylation is 1. The molecular formula is C22H23ClN6O4. The Hall–Kier alpha value is -3.76. The van der Waals surface area contributed by atoms with Crippen LogP contribution in [0.4, 0.5) is 17.6 Å². The number of hydrogen-bond acceptors (Lipinski definition) is 9. The van der Waals surface area contributed by atoms with Gasteiger partial charge < -0.3 is 26.6 Å². The van der Waals surface area contributed by atoms with Gasteiger partial charge in [0.25, 0.3) is 0 Å². The van der Waals surface area contributed by atoms with Gasteiger partial charge in [0, 0.05) is 22.7 Å². The maximum Gasteiger partial charge on any atom is 0.323 e. The Balaban J connectivity index is 1.64. The van der Waals surface area contributed by atoms with Crippen molar-refractivity contribution in [1.29, 1.82) is 0 Å². The highest BCUT2D eigenvalue weighted by molar-refractivity contribution is 6.30. The summed E-state index contributed by atoms with van der Waals surface area (Å²) in [5.74, 6) is -0.947. The maximum absolute atomic E-state index is 11.9. The average Bonchev–Trinajstić information content (AvgIpc) is 2.78. The minimum atomic E-state index is -1.02. The highest BCUT2D eigenvalue weighted by atomic mass is 35.5. The molecule has 0 aliphatic carbocycles. The molecule has 0 radical (unpaired) electrons.